The van der Waals surface area contributed by atoms with Crippen molar-refractivity contribution in [1.29, 1.82) is 0 Å². The third-order valence-electron chi connectivity index (χ3n) is 4.20. The molecule has 1 unspecified atom stereocenters. The van der Waals surface area contributed by atoms with Gasteiger partial charge in [0.1, 0.15) is 0 Å². The van der Waals surface area contributed by atoms with E-state index in [4.69, 9.17) is 4.74 Å². The summed E-state index contributed by atoms with van der Waals surface area (Å²) >= 11 is 0. The Balaban J connectivity index is 1.71. The van der Waals surface area contributed by atoms with Crippen LogP contribution in [0.5, 0.6) is 0 Å². The first-order valence-electron chi connectivity index (χ1n) is 8.01. The molecule has 1 aromatic rings. The first kappa shape index (κ1) is 15.8. The van der Waals surface area contributed by atoms with Crippen molar-refractivity contribution in [3.05, 3.63) is 35.9 Å². The fourth-order valence-electron chi connectivity index (χ4n) is 3.11. The lowest BCUT2D eigenvalue weighted by Gasteiger charge is -2.36. The number of amidine groups is 1. The summed E-state index contributed by atoms with van der Waals surface area (Å²) in [4.78, 5) is 10.9. The van der Waals surface area contributed by atoms with E-state index in [-0.39, 0.29) is 18.6 Å². The molecule has 3 rings (SSSR count). The molecular weight excluding hydrogens is 294 g/mol. The van der Waals surface area contributed by atoms with Gasteiger partial charge in [-0.3, -0.25) is 10.2 Å². The van der Waals surface area contributed by atoms with Gasteiger partial charge in [-0.2, -0.15) is 0 Å². The maximum Gasteiger partial charge on any atom is 0.303 e. The molecule has 0 saturated carbocycles. The second kappa shape index (κ2) is 7.43. The van der Waals surface area contributed by atoms with Crippen molar-refractivity contribution in [3.63, 3.8) is 0 Å². The van der Waals surface area contributed by atoms with Gasteiger partial charge in [-0.25, -0.2) is 5.53 Å². The predicted octanol–water partition coefficient (Wildman–Crippen LogP) is 0.929. The van der Waals surface area contributed by atoms with Crippen molar-refractivity contribution in [3.8, 4) is 0 Å². The number of esters is 1. The van der Waals surface area contributed by atoms with Gasteiger partial charge in [0.15, 0.2) is 12.4 Å². The van der Waals surface area contributed by atoms with Crippen molar-refractivity contribution in [1.82, 2.24) is 21.4 Å². The summed E-state index contributed by atoms with van der Waals surface area (Å²) in [6, 6.07) is 10.6. The lowest BCUT2D eigenvalue weighted by Crippen LogP contribution is -2.49. The highest BCUT2D eigenvalue weighted by atomic mass is 16.5. The summed E-state index contributed by atoms with van der Waals surface area (Å²) in [6.45, 7) is 3.60. The number of carbonyl (C=O) groups excluding carboxylic acids is 1. The quantitative estimate of drug-likeness (QED) is 0.701. The van der Waals surface area contributed by atoms with Gasteiger partial charge < -0.3 is 10.1 Å². The van der Waals surface area contributed by atoms with E-state index in [9.17, 15) is 4.79 Å². The van der Waals surface area contributed by atoms with E-state index in [1.165, 1.54) is 12.5 Å². The summed E-state index contributed by atoms with van der Waals surface area (Å²) < 4.78 is 5.00. The molecule has 0 radical (unpaired) electrons. The van der Waals surface area contributed by atoms with Gasteiger partial charge in [-0.1, -0.05) is 30.3 Å². The SMILES string of the molecule is CC(=O)OCC1=NNN(C(c2ccccc2)C2CCNCC2)N1. The van der Waals surface area contributed by atoms with Crippen LogP contribution in [-0.4, -0.2) is 36.6 Å². The Labute approximate surface area is 136 Å². The number of hydrogen-bond acceptors (Lipinski definition) is 7. The molecule has 1 fully saturated rings. The molecule has 1 atom stereocenters. The molecule has 2 heterocycles. The van der Waals surface area contributed by atoms with Gasteiger partial charge in [0.05, 0.1) is 6.04 Å². The molecular formula is C16H23N5O2. The van der Waals surface area contributed by atoms with E-state index in [0.717, 1.165) is 25.9 Å². The smallest absolute Gasteiger partial charge is 0.303 e. The highest BCUT2D eigenvalue weighted by Gasteiger charge is 2.33. The van der Waals surface area contributed by atoms with Crippen LogP contribution in [0.4, 0.5) is 0 Å². The summed E-state index contributed by atoms with van der Waals surface area (Å²) in [7, 11) is 0. The van der Waals surface area contributed by atoms with Crippen molar-refractivity contribution in [2.75, 3.05) is 19.7 Å². The minimum atomic E-state index is -0.314. The fourth-order valence-corrected chi connectivity index (χ4v) is 3.11. The van der Waals surface area contributed by atoms with Gasteiger partial charge in [0, 0.05) is 6.92 Å². The summed E-state index contributed by atoms with van der Waals surface area (Å²) in [5.41, 5.74) is 7.48. The third kappa shape index (κ3) is 4.00. The highest BCUT2D eigenvalue weighted by molar-refractivity contribution is 5.85. The van der Waals surface area contributed by atoms with E-state index in [1.807, 2.05) is 11.2 Å². The standard InChI is InChI=1S/C16H23N5O2/c1-12(22)23-11-15-18-20-21(19-15)16(13-5-3-2-4-6-13)14-7-9-17-10-8-14/h2-6,14,16-17,20H,7-11H2,1H3,(H,18,19). The summed E-state index contributed by atoms with van der Waals surface area (Å²) in [6.07, 6.45) is 2.22. The van der Waals surface area contributed by atoms with E-state index in [2.05, 4.69) is 45.6 Å². The minimum absolute atomic E-state index is 0.145. The first-order chi connectivity index (χ1) is 11.2. The topological polar surface area (TPSA) is 78.0 Å². The predicted molar refractivity (Wildman–Crippen MR) is 87.0 cm³/mol. The van der Waals surface area contributed by atoms with Crippen LogP contribution in [0.25, 0.3) is 0 Å². The highest BCUT2D eigenvalue weighted by Crippen LogP contribution is 2.32. The van der Waals surface area contributed by atoms with E-state index in [1.54, 1.807) is 0 Å². The van der Waals surface area contributed by atoms with Gasteiger partial charge >= 0.3 is 5.97 Å². The largest absolute Gasteiger partial charge is 0.458 e. The number of nitrogens with one attached hydrogen (secondary N) is 3. The van der Waals surface area contributed by atoms with Gasteiger partial charge in [0.2, 0.25) is 0 Å². The van der Waals surface area contributed by atoms with Gasteiger partial charge in [0.25, 0.3) is 0 Å². The van der Waals surface area contributed by atoms with Crippen LogP contribution < -0.4 is 16.3 Å². The Hall–Kier alpha value is -2.12. The van der Waals surface area contributed by atoms with Crippen LogP contribution in [-0.2, 0) is 9.53 Å². The molecule has 0 bridgehead atoms. The number of carbonyl (C=O) groups is 1. The molecule has 7 nitrogen and oxygen atoms in total. The summed E-state index contributed by atoms with van der Waals surface area (Å²) in [5, 5.41) is 9.55. The minimum Gasteiger partial charge on any atom is -0.458 e. The molecule has 2 aliphatic heterocycles. The normalized spacial score (nSPS) is 20.3. The molecule has 2 aliphatic rings. The number of ether oxygens (including phenoxy) is 1. The monoisotopic (exact) mass is 317 g/mol. The Morgan fingerprint density at radius 2 is 2.09 bits per heavy atom. The third-order valence-corrected chi connectivity index (χ3v) is 4.20. The molecule has 23 heavy (non-hydrogen) atoms. The zero-order valence-corrected chi connectivity index (χ0v) is 13.3. The zero-order valence-electron chi connectivity index (χ0n) is 13.3. The van der Waals surface area contributed by atoms with Crippen LogP contribution in [0.15, 0.2) is 35.4 Å². The second-order valence-electron chi connectivity index (χ2n) is 5.86. The number of nitrogens with zero attached hydrogens (tertiary/aromatic N) is 2. The Bertz CT molecular complexity index is 557. The lowest BCUT2D eigenvalue weighted by molar-refractivity contribution is -0.139. The first-order valence-corrected chi connectivity index (χ1v) is 8.01. The van der Waals surface area contributed by atoms with Crippen LogP contribution in [0.1, 0.15) is 31.4 Å². The van der Waals surface area contributed by atoms with Gasteiger partial charge in [-0.05, 0) is 37.4 Å². The van der Waals surface area contributed by atoms with E-state index in [0.29, 0.717) is 11.8 Å². The molecule has 124 valence electrons. The van der Waals surface area contributed by atoms with Crippen molar-refractivity contribution in [2.24, 2.45) is 11.0 Å². The Morgan fingerprint density at radius 1 is 1.35 bits per heavy atom. The number of hydrazine groups is 2. The van der Waals surface area contributed by atoms with Crippen molar-refractivity contribution < 1.29 is 9.53 Å². The maximum absolute atomic E-state index is 10.9. The van der Waals surface area contributed by atoms with Crippen molar-refractivity contribution >= 4 is 11.8 Å². The van der Waals surface area contributed by atoms with Crippen LogP contribution in [0.2, 0.25) is 0 Å². The maximum atomic E-state index is 10.9. The molecule has 0 aromatic heterocycles. The fraction of sp³-hybridized carbons (Fsp3) is 0.500. The molecule has 0 amide bonds. The molecule has 1 aromatic carbocycles. The average molecular weight is 317 g/mol. The number of benzene rings is 1. The van der Waals surface area contributed by atoms with Crippen molar-refractivity contribution in [2.45, 2.75) is 25.8 Å². The number of hydrazone groups is 1. The molecule has 0 spiro atoms. The second-order valence-corrected chi connectivity index (χ2v) is 5.86. The Morgan fingerprint density at radius 3 is 2.78 bits per heavy atom. The number of piperidine rings is 1. The average Bonchev–Trinajstić information content (AvgIpc) is 3.04. The molecule has 0 aliphatic carbocycles. The van der Waals surface area contributed by atoms with Crippen LogP contribution >= 0.6 is 0 Å². The van der Waals surface area contributed by atoms with Crippen LogP contribution in [0.3, 0.4) is 0 Å². The number of rotatable bonds is 5. The lowest BCUT2D eigenvalue weighted by atomic mass is 9.86. The van der Waals surface area contributed by atoms with Crippen LogP contribution in [0, 0.1) is 5.92 Å². The van der Waals surface area contributed by atoms with E-state index < -0.39 is 0 Å². The summed E-state index contributed by atoms with van der Waals surface area (Å²) in [5.74, 6) is 0.808. The zero-order chi connectivity index (χ0) is 16.1. The number of hydrogen-bond donors (Lipinski definition) is 3. The Kier molecular flexibility index (Phi) is 5.09. The van der Waals surface area contributed by atoms with E-state index >= 15 is 0 Å². The molecule has 3 N–H and O–H groups in total. The van der Waals surface area contributed by atoms with Gasteiger partial charge in [-0.15, -0.1) is 10.2 Å². The molecule has 7 heteroatoms. The molecule has 1 saturated heterocycles.